The number of nitrogens with zero attached hydrogens (tertiary/aromatic N) is 1. The van der Waals surface area contributed by atoms with Gasteiger partial charge >= 0.3 is 0 Å². The molecule has 2 aromatic carbocycles. The third kappa shape index (κ3) is 2.72. The third-order valence-electron chi connectivity index (χ3n) is 6.75. The number of para-hydroxylation sites is 1. The zero-order valence-corrected chi connectivity index (χ0v) is 17.3. The van der Waals surface area contributed by atoms with Gasteiger partial charge in [-0.3, -0.25) is 14.4 Å². The Kier molecular flexibility index (Phi) is 4.17. The summed E-state index contributed by atoms with van der Waals surface area (Å²) < 4.78 is 0. The minimum Gasteiger partial charge on any atom is -0.322 e. The van der Waals surface area contributed by atoms with Crippen molar-refractivity contribution in [2.45, 2.75) is 27.2 Å². The Bertz CT molecular complexity index is 1110. The summed E-state index contributed by atoms with van der Waals surface area (Å²) in [4.78, 5) is 40.9. The van der Waals surface area contributed by atoms with Crippen molar-refractivity contribution in [1.82, 2.24) is 0 Å². The van der Waals surface area contributed by atoms with Crippen molar-refractivity contribution in [1.29, 1.82) is 0 Å². The van der Waals surface area contributed by atoms with Gasteiger partial charge in [0.1, 0.15) is 0 Å². The van der Waals surface area contributed by atoms with E-state index in [9.17, 15) is 14.4 Å². The fraction of sp³-hybridized carbons (Fsp3) is 0.320. The number of anilines is 2. The highest BCUT2D eigenvalue weighted by molar-refractivity contribution is 6.25. The van der Waals surface area contributed by atoms with Crippen LogP contribution in [0.1, 0.15) is 34.8 Å². The smallest absolute Gasteiger partial charge is 0.257 e. The van der Waals surface area contributed by atoms with Crippen molar-refractivity contribution >= 4 is 29.1 Å². The van der Waals surface area contributed by atoms with Crippen LogP contribution in [0.25, 0.3) is 0 Å². The maximum atomic E-state index is 13.3. The van der Waals surface area contributed by atoms with Crippen LogP contribution in [-0.4, -0.2) is 17.7 Å². The molecule has 0 aromatic heterocycles. The summed E-state index contributed by atoms with van der Waals surface area (Å²) >= 11 is 0. The Hall–Kier alpha value is -3.21. The third-order valence-corrected chi connectivity index (χ3v) is 6.75. The van der Waals surface area contributed by atoms with E-state index in [0.29, 0.717) is 16.9 Å². The van der Waals surface area contributed by atoms with Crippen molar-refractivity contribution in [2.75, 3.05) is 10.2 Å². The molecule has 0 radical (unpaired) electrons. The van der Waals surface area contributed by atoms with E-state index in [0.717, 1.165) is 17.5 Å². The van der Waals surface area contributed by atoms with Gasteiger partial charge in [0.25, 0.3) is 5.91 Å². The molecule has 1 saturated heterocycles. The van der Waals surface area contributed by atoms with E-state index in [4.69, 9.17) is 0 Å². The van der Waals surface area contributed by atoms with Crippen molar-refractivity contribution in [3.63, 3.8) is 0 Å². The van der Waals surface area contributed by atoms with Gasteiger partial charge in [-0.15, -0.1) is 0 Å². The number of amides is 3. The first-order valence-electron chi connectivity index (χ1n) is 10.4. The second-order valence-corrected chi connectivity index (χ2v) is 8.83. The van der Waals surface area contributed by atoms with Crippen LogP contribution in [-0.2, 0) is 9.59 Å². The topological polar surface area (TPSA) is 66.5 Å². The SMILES string of the molecule is CC1=CC2CC1C1C(=O)N(c3ccccc3C(=O)Nc3cc(C)cc(C)c3)C(=O)C21. The van der Waals surface area contributed by atoms with E-state index in [-0.39, 0.29) is 41.4 Å². The number of carbonyl (C=O) groups is 3. The van der Waals surface area contributed by atoms with Crippen molar-refractivity contribution in [3.05, 3.63) is 70.8 Å². The molecular formula is C25H24N2O3. The van der Waals surface area contributed by atoms with Crippen LogP contribution in [0, 0.1) is 37.5 Å². The summed E-state index contributed by atoms with van der Waals surface area (Å²) in [7, 11) is 0. The Morgan fingerprint density at radius 1 is 0.967 bits per heavy atom. The summed E-state index contributed by atoms with van der Waals surface area (Å²) in [5.41, 5.74) is 4.71. The predicted molar refractivity (Wildman–Crippen MR) is 115 cm³/mol. The van der Waals surface area contributed by atoms with Gasteiger partial charge < -0.3 is 5.32 Å². The number of benzene rings is 2. The van der Waals surface area contributed by atoms with Gasteiger partial charge in [0.05, 0.1) is 23.1 Å². The molecule has 3 amide bonds. The van der Waals surface area contributed by atoms with Gasteiger partial charge in [0, 0.05) is 5.69 Å². The number of imide groups is 1. The van der Waals surface area contributed by atoms with Crippen LogP contribution in [0.4, 0.5) is 11.4 Å². The molecule has 2 fully saturated rings. The maximum absolute atomic E-state index is 13.3. The number of rotatable bonds is 3. The summed E-state index contributed by atoms with van der Waals surface area (Å²) in [6, 6.07) is 12.7. The van der Waals surface area contributed by atoms with E-state index in [1.54, 1.807) is 24.3 Å². The van der Waals surface area contributed by atoms with E-state index in [1.807, 2.05) is 39.0 Å². The molecule has 1 saturated carbocycles. The Morgan fingerprint density at radius 2 is 1.63 bits per heavy atom. The molecule has 1 heterocycles. The first-order valence-corrected chi connectivity index (χ1v) is 10.4. The minimum absolute atomic E-state index is 0.137. The highest BCUT2D eigenvalue weighted by Crippen LogP contribution is 2.56. The lowest BCUT2D eigenvalue weighted by molar-refractivity contribution is -0.123. The van der Waals surface area contributed by atoms with Crippen molar-refractivity contribution < 1.29 is 14.4 Å². The highest BCUT2D eigenvalue weighted by atomic mass is 16.2. The average molecular weight is 400 g/mol. The molecule has 2 aliphatic carbocycles. The quantitative estimate of drug-likeness (QED) is 0.618. The fourth-order valence-electron chi connectivity index (χ4n) is 5.62. The molecule has 1 aliphatic heterocycles. The predicted octanol–water partition coefficient (Wildman–Crippen LogP) is 4.26. The molecule has 5 rings (SSSR count). The van der Waals surface area contributed by atoms with E-state index >= 15 is 0 Å². The van der Waals surface area contributed by atoms with Gasteiger partial charge in [-0.25, -0.2) is 4.90 Å². The Morgan fingerprint density at radius 3 is 2.37 bits per heavy atom. The van der Waals surface area contributed by atoms with Crippen LogP contribution >= 0.6 is 0 Å². The molecule has 2 aromatic rings. The number of hydrogen-bond donors (Lipinski definition) is 1. The highest BCUT2D eigenvalue weighted by Gasteiger charge is 2.61. The summed E-state index contributed by atoms with van der Waals surface area (Å²) in [5, 5.41) is 2.92. The molecular weight excluding hydrogens is 376 g/mol. The minimum atomic E-state index is -0.328. The first kappa shape index (κ1) is 18.8. The maximum Gasteiger partial charge on any atom is 0.257 e. The van der Waals surface area contributed by atoms with E-state index < -0.39 is 0 Å². The molecule has 4 atom stereocenters. The van der Waals surface area contributed by atoms with E-state index in [2.05, 4.69) is 11.4 Å². The molecule has 1 N–H and O–H groups in total. The molecule has 152 valence electrons. The Labute approximate surface area is 175 Å². The lowest BCUT2D eigenvalue weighted by Gasteiger charge is -2.20. The van der Waals surface area contributed by atoms with Crippen LogP contribution in [0.3, 0.4) is 0 Å². The van der Waals surface area contributed by atoms with Gasteiger partial charge in [0.15, 0.2) is 0 Å². The van der Waals surface area contributed by atoms with Crippen molar-refractivity contribution in [3.8, 4) is 0 Å². The molecule has 0 spiro atoms. The van der Waals surface area contributed by atoms with Crippen LogP contribution in [0.5, 0.6) is 0 Å². The summed E-state index contributed by atoms with van der Waals surface area (Å²) in [5.74, 6) is -0.963. The standard InChI is InChI=1S/C25H24N2O3/c1-13-8-14(2)10-17(9-13)26-23(28)18-6-4-5-7-20(18)27-24(29)21-16-11-15(3)19(12-16)22(21)25(27)30/h4-11,16,19,21-22H,12H2,1-3H3,(H,26,28). The molecule has 2 bridgehead atoms. The average Bonchev–Trinajstić information content (AvgIpc) is 3.31. The molecule has 3 aliphatic rings. The second kappa shape index (κ2) is 6.66. The number of hydrogen-bond acceptors (Lipinski definition) is 3. The van der Waals surface area contributed by atoms with Crippen LogP contribution in [0.15, 0.2) is 54.1 Å². The molecule has 30 heavy (non-hydrogen) atoms. The lowest BCUT2D eigenvalue weighted by Crippen LogP contribution is -2.34. The fourth-order valence-corrected chi connectivity index (χ4v) is 5.62. The second-order valence-electron chi connectivity index (χ2n) is 8.83. The van der Waals surface area contributed by atoms with E-state index in [1.165, 1.54) is 10.5 Å². The number of carbonyl (C=O) groups excluding carboxylic acids is 3. The first-order chi connectivity index (χ1) is 14.3. The number of aryl methyl sites for hydroxylation is 2. The van der Waals surface area contributed by atoms with Crippen molar-refractivity contribution in [2.24, 2.45) is 23.7 Å². The van der Waals surface area contributed by atoms with Crippen LogP contribution < -0.4 is 10.2 Å². The van der Waals surface area contributed by atoms with Gasteiger partial charge in [-0.2, -0.15) is 0 Å². The largest absolute Gasteiger partial charge is 0.322 e. The molecule has 5 nitrogen and oxygen atoms in total. The van der Waals surface area contributed by atoms with Gasteiger partial charge in [0.2, 0.25) is 11.8 Å². The molecule has 4 unspecified atom stereocenters. The Balaban J connectivity index is 1.48. The van der Waals surface area contributed by atoms with Gasteiger partial charge in [-0.1, -0.05) is 29.8 Å². The lowest BCUT2D eigenvalue weighted by atomic mass is 9.82. The number of allylic oxidation sites excluding steroid dienone is 2. The summed E-state index contributed by atoms with van der Waals surface area (Å²) in [6.45, 7) is 6.00. The monoisotopic (exact) mass is 400 g/mol. The zero-order chi connectivity index (χ0) is 21.2. The van der Waals surface area contributed by atoms with Gasteiger partial charge in [-0.05, 0) is 74.4 Å². The van der Waals surface area contributed by atoms with Crippen LogP contribution in [0.2, 0.25) is 0 Å². The number of fused-ring (bicyclic) bond motifs is 5. The zero-order valence-electron chi connectivity index (χ0n) is 17.3. The summed E-state index contributed by atoms with van der Waals surface area (Å²) in [6.07, 6.45) is 3.04. The number of nitrogens with one attached hydrogen (secondary N) is 1. The normalized spacial score (nSPS) is 26.8. The molecule has 5 heteroatoms.